The SMILES string of the molecule is CC/C=C(C)\C(N)=C(/CC)C(C)C. The topological polar surface area (TPSA) is 26.0 Å². The molecule has 0 radical (unpaired) electrons. The predicted octanol–water partition coefficient (Wildman–Crippen LogP) is 3.62. The first-order chi connectivity index (χ1) is 6.04. The van der Waals surface area contributed by atoms with Crippen LogP contribution in [0.15, 0.2) is 22.9 Å². The Hall–Kier alpha value is -0.720. The number of allylic oxidation sites excluding steroid dienone is 3. The molecule has 0 heterocycles. The van der Waals surface area contributed by atoms with Crippen molar-refractivity contribution in [2.24, 2.45) is 11.7 Å². The molecular weight excluding hydrogens is 158 g/mol. The van der Waals surface area contributed by atoms with E-state index in [2.05, 4.69) is 40.7 Å². The molecule has 0 amide bonds. The minimum atomic E-state index is 0.560. The van der Waals surface area contributed by atoms with E-state index in [1.54, 1.807) is 0 Å². The summed E-state index contributed by atoms with van der Waals surface area (Å²) in [5.74, 6) is 0.560. The maximum Gasteiger partial charge on any atom is 0.0334 e. The molecule has 0 rings (SSSR count). The van der Waals surface area contributed by atoms with Crippen LogP contribution in [0.25, 0.3) is 0 Å². The first kappa shape index (κ1) is 12.3. The summed E-state index contributed by atoms with van der Waals surface area (Å²) < 4.78 is 0. The molecule has 13 heavy (non-hydrogen) atoms. The molecule has 0 aliphatic carbocycles. The van der Waals surface area contributed by atoms with E-state index in [1.165, 1.54) is 11.1 Å². The highest BCUT2D eigenvalue weighted by Gasteiger charge is 2.06. The summed E-state index contributed by atoms with van der Waals surface area (Å²) >= 11 is 0. The van der Waals surface area contributed by atoms with Crippen LogP contribution in [-0.2, 0) is 0 Å². The number of hydrogen-bond donors (Lipinski definition) is 1. The average molecular weight is 181 g/mol. The maximum atomic E-state index is 6.07. The molecule has 0 unspecified atom stereocenters. The van der Waals surface area contributed by atoms with Crippen LogP contribution < -0.4 is 5.73 Å². The Morgan fingerprint density at radius 2 is 1.85 bits per heavy atom. The van der Waals surface area contributed by atoms with Crippen LogP contribution in [0.3, 0.4) is 0 Å². The zero-order chi connectivity index (χ0) is 10.4. The van der Waals surface area contributed by atoms with Crippen LogP contribution >= 0.6 is 0 Å². The molecule has 0 saturated heterocycles. The smallest absolute Gasteiger partial charge is 0.0334 e. The second kappa shape index (κ2) is 5.85. The van der Waals surface area contributed by atoms with Gasteiger partial charge in [0.25, 0.3) is 0 Å². The van der Waals surface area contributed by atoms with Crippen molar-refractivity contribution in [3.63, 3.8) is 0 Å². The standard InChI is InChI=1S/C12H23N/c1-6-8-10(5)12(13)11(7-2)9(3)4/h8-9H,6-7,13H2,1-5H3/b10-8-,12-11-. The quantitative estimate of drug-likeness (QED) is 0.659. The third-order valence-electron chi connectivity index (χ3n) is 2.36. The Labute approximate surface area is 82.7 Å². The van der Waals surface area contributed by atoms with Gasteiger partial charge in [0.1, 0.15) is 0 Å². The summed E-state index contributed by atoms with van der Waals surface area (Å²) in [6.45, 7) is 10.8. The van der Waals surface area contributed by atoms with E-state index < -0.39 is 0 Å². The van der Waals surface area contributed by atoms with Crippen molar-refractivity contribution in [3.8, 4) is 0 Å². The third-order valence-corrected chi connectivity index (χ3v) is 2.36. The largest absolute Gasteiger partial charge is 0.399 e. The fraction of sp³-hybridized carbons (Fsp3) is 0.667. The highest BCUT2D eigenvalue weighted by atomic mass is 14.6. The van der Waals surface area contributed by atoms with Gasteiger partial charge >= 0.3 is 0 Å². The van der Waals surface area contributed by atoms with Crippen LogP contribution in [-0.4, -0.2) is 0 Å². The van der Waals surface area contributed by atoms with Crippen molar-refractivity contribution in [1.29, 1.82) is 0 Å². The maximum absolute atomic E-state index is 6.07. The lowest BCUT2D eigenvalue weighted by Crippen LogP contribution is -2.08. The van der Waals surface area contributed by atoms with Gasteiger partial charge in [0, 0.05) is 5.70 Å². The summed E-state index contributed by atoms with van der Waals surface area (Å²) in [5.41, 5.74) is 9.68. The van der Waals surface area contributed by atoms with Gasteiger partial charge in [-0.15, -0.1) is 0 Å². The summed E-state index contributed by atoms with van der Waals surface area (Å²) in [4.78, 5) is 0. The summed E-state index contributed by atoms with van der Waals surface area (Å²) in [5, 5.41) is 0. The van der Waals surface area contributed by atoms with Crippen molar-refractivity contribution in [3.05, 3.63) is 22.9 Å². The minimum absolute atomic E-state index is 0.560. The Kier molecular flexibility index (Phi) is 5.52. The van der Waals surface area contributed by atoms with Gasteiger partial charge in [-0.2, -0.15) is 0 Å². The Morgan fingerprint density at radius 1 is 1.31 bits per heavy atom. The van der Waals surface area contributed by atoms with E-state index in [0.717, 1.165) is 18.5 Å². The summed E-state index contributed by atoms with van der Waals surface area (Å²) in [6, 6.07) is 0. The minimum Gasteiger partial charge on any atom is -0.399 e. The average Bonchev–Trinajstić information content (AvgIpc) is 2.05. The molecule has 0 aliphatic heterocycles. The van der Waals surface area contributed by atoms with Crippen LogP contribution in [0.4, 0.5) is 0 Å². The molecule has 76 valence electrons. The Balaban J connectivity index is 4.85. The molecule has 0 aromatic rings. The Bertz CT molecular complexity index is 209. The van der Waals surface area contributed by atoms with Crippen molar-refractivity contribution >= 4 is 0 Å². The molecule has 0 bridgehead atoms. The van der Waals surface area contributed by atoms with Gasteiger partial charge in [-0.25, -0.2) is 0 Å². The van der Waals surface area contributed by atoms with Gasteiger partial charge in [0.2, 0.25) is 0 Å². The van der Waals surface area contributed by atoms with E-state index >= 15 is 0 Å². The lowest BCUT2D eigenvalue weighted by molar-refractivity contribution is 0.718. The van der Waals surface area contributed by atoms with E-state index in [1.807, 2.05) is 0 Å². The van der Waals surface area contributed by atoms with Gasteiger partial charge < -0.3 is 5.73 Å². The molecule has 0 saturated carbocycles. The second-order valence-electron chi connectivity index (χ2n) is 3.74. The van der Waals surface area contributed by atoms with Crippen LogP contribution in [0.2, 0.25) is 0 Å². The molecule has 0 aromatic carbocycles. The van der Waals surface area contributed by atoms with E-state index in [0.29, 0.717) is 5.92 Å². The lowest BCUT2D eigenvalue weighted by atomic mass is 9.95. The van der Waals surface area contributed by atoms with Gasteiger partial charge in [0.05, 0.1) is 0 Å². The number of rotatable bonds is 4. The number of hydrogen-bond acceptors (Lipinski definition) is 1. The summed E-state index contributed by atoms with van der Waals surface area (Å²) in [6.07, 6.45) is 4.30. The molecule has 1 heteroatoms. The molecule has 1 nitrogen and oxygen atoms in total. The van der Waals surface area contributed by atoms with Crippen LogP contribution in [0.5, 0.6) is 0 Å². The van der Waals surface area contributed by atoms with Gasteiger partial charge in [-0.3, -0.25) is 0 Å². The van der Waals surface area contributed by atoms with Gasteiger partial charge in [-0.05, 0) is 36.8 Å². The third kappa shape index (κ3) is 3.67. The van der Waals surface area contributed by atoms with E-state index in [-0.39, 0.29) is 0 Å². The molecule has 0 spiro atoms. The fourth-order valence-electron chi connectivity index (χ4n) is 1.58. The molecular formula is C12H23N. The van der Waals surface area contributed by atoms with Crippen LogP contribution in [0, 0.1) is 5.92 Å². The second-order valence-corrected chi connectivity index (χ2v) is 3.74. The van der Waals surface area contributed by atoms with Crippen molar-refractivity contribution in [2.75, 3.05) is 0 Å². The molecule has 0 atom stereocenters. The van der Waals surface area contributed by atoms with Crippen LogP contribution in [0.1, 0.15) is 47.5 Å². The predicted molar refractivity (Wildman–Crippen MR) is 60.4 cm³/mol. The zero-order valence-electron chi connectivity index (χ0n) is 9.65. The molecule has 0 aromatic heterocycles. The first-order valence-corrected chi connectivity index (χ1v) is 5.20. The highest BCUT2D eigenvalue weighted by Crippen LogP contribution is 2.20. The molecule has 0 aliphatic rings. The van der Waals surface area contributed by atoms with Gasteiger partial charge in [-0.1, -0.05) is 33.8 Å². The molecule has 2 N–H and O–H groups in total. The number of nitrogens with two attached hydrogens (primary N) is 1. The van der Waals surface area contributed by atoms with E-state index in [4.69, 9.17) is 5.73 Å². The van der Waals surface area contributed by atoms with Crippen molar-refractivity contribution in [2.45, 2.75) is 47.5 Å². The zero-order valence-corrected chi connectivity index (χ0v) is 9.65. The summed E-state index contributed by atoms with van der Waals surface area (Å²) in [7, 11) is 0. The fourth-order valence-corrected chi connectivity index (χ4v) is 1.58. The van der Waals surface area contributed by atoms with Gasteiger partial charge in [0.15, 0.2) is 0 Å². The highest BCUT2D eigenvalue weighted by molar-refractivity contribution is 5.31. The van der Waals surface area contributed by atoms with Crippen molar-refractivity contribution in [1.82, 2.24) is 0 Å². The monoisotopic (exact) mass is 181 g/mol. The normalized spacial score (nSPS) is 14.8. The first-order valence-electron chi connectivity index (χ1n) is 5.20. The Morgan fingerprint density at radius 3 is 2.15 bits per heavy atom. The van der Waals surface area contributed by atoms with E-state index in [9.17, 15) is 0 Å². The molecule has 0 fully saturated rings. The lowest BCUT2D eigenvalue weighted by Gasteiger charge is -2.14. The van der Waals surface area contributed by atoms with Crippen molar-refractivity contribution < 1.29 is 0 Å².